The molecule has 0 N–H and O–H groups in total. The molecule has 0 fully saturated rings. The van der Waals surface area contributed by atoms with Gasteiger partial charge in [-0.3, -0.25) is 4.79 Å². The third-order valence-electron chi connectivity index (χ3n) is 2.88. The molecule has 1 heterocycles. The summed E-state index contributed by atoms with van der Waals surface area (Å²) >= 11 is 1.59. The summed E-state index contributed by atoms with van der Waals surface area (Å²) in [6, 6.07) is 0.469. The van der Waals surface area contributed by atoms with Crippen LogP contribution in [0, 0.1) is 0 Å². The maximum Gasteiger partial charge on any atom is 0.311 e. The Bertz CT molecular complexity index is 379. The van der Waals surface area contributed by atoms with Crippen molar-refractivity contribution >= 4 is 22.4 Å². The Hall–Kier alpha value is -1.10. The number of anilines is 1. The molecule has 4 nitrogen and oxygen atoms in total. The second-order valence-electron chi connectivity index (χ2n) is 4.15. The van der Waals surface area contributed by atoms with Gasteiger partial charge >= 0.3 is 5.97 Å². The van der Waals surface area contributed by atoms with Crippen LogP contribution in [0.2, 0.25) is 0 Å². The van der Waals surface area contributed by atoms with Crippen molar-refractivity contribution in [1.82, 2.24) is 4.98 Å². The van der Waals surface area contributed by atoms with Crippen LogP contribution >= 0.6 is 11.3 Å². The van der Waals surface area contributed by atoms with E-state index in [-0.39, 0.29) is 12.4 Å². The fourth-order valence-corrected chi connectivity index (χ4v) is 2.72. The van der Waals surface area contributed by atoms with Gasteiger partial charge in [0, 0.05) is 18.0 Å². The Morgan fingerprint density at radius 3 is 2.78 bits per heavy atom. The lowest BCUT2D eigenvalue weighted by Crippen LogP contribution is -2.32. The van der Waals surface area contributed by atoms with Crippen LogP contribution in [0.5, 0.6) is 0 Å². The van der Waals surface area contributed by atoms with Gasteiger partial charge in [0.1, 0.15) is 0 Å². The molecule has 1 aromatic heterocycles. The summed E-state index contributed by atoms with van der Waals surface area (Å²) in [6.45, 7) is 9.65. The normalized spacial score (nSPS) is 12.2. The third kappa shape index (κ3) is 3.98. The molecular weight excluding hydrogens is 248 g/mol. The van der Waals surface area contributed by atoms with Crippen molar-refractivity contribution in [3.63, 3.8) is 0 Å². The molecule has 0 bridgehead atoms. The highest BCUT2D eigenvalue weighted by molar-refractivity contribution is 7.13. The summed E-state index contributed by atoms with van der Waals surface area (Å²) < 4.78 is 4.92. The number of aromatic nitrogens is 1. The van der Waals surface area contributed by atoms with Crippen LogP contribution < -0.4 is 4.90 Å². The minimum atomic E-state index is -0.207. The SMILES string of the molecule is CCOC(=O)Cc1csc(N(CC)C(C)CC)n1. The summed E-state index contributed by atoms with van der Waals surface area (Å²) in [6.07, 6.45) is 1.35. The third-order valence-corrected chi connectivity index (χ3v) is 3.81. The van der Waals surface area contributed by atoms with E-state index in [0.29, 0.717) is 12.6 Å². The van der Waals surface area contributed by atoms with Crippen LogP contribution in [0.1, 0.15) is 39.8 Å². The molecule has 5 heteroatoms. The number of hydrogen-bond acceptors (Lipinski definition) is 5. The van der Waals surface area contributed by atoms with Crippen LogP contribution in [0.15, 0.2) is 5.38 Å². The largest absolute Gasteiger partial charge is 0.466 e. The molecular formula is C13H22N2O2S. The molecule has 0 aliphatic rings. The Labute approximate surface area is 113 Å². The summed E-state index contributed by atoms with van der Waals surface area (Å²) in [5, 5.41) is 2.93. The molecule has 1 atom stereocenters. The highest BCUT2D eigenvalue weighted by atomic mass is 32.1. The van der Waals surface area contributed by atoms with Crippen molar-refractivity contribution in [3.05, 3.63) is 11.1 Å². The Morgan fingerprint density at radius 2 is 2.22 bits per heavy atom. The van der Waals surface area contributed by atoms with Gasteiger partial charge in [0.05, 0.1) is 18.7 Å². The van der Waals surface area contributed by atoms with Gasteiger partial charge in [-0.25, -0.2) is 4.98 Å². The van der Waals surface area contributed by atoms with Gasteiger partial charge in [0.15, 0.2) is 5.13 Å². The zero-order valence-corrected chi connectivity index (χ0v) is 12.4. The predicted octanol–water partition coefficient (Wildman–Crippen LogP) is 2.87. The fourth-order valence-electron chi connectivity index (χ4n) is 1.73. The minimum Gasteiger partial charge on any atom is -0.466 e. The standard InChI is InChI=1S/C13H22N2O2S/c1-5-10(4)15(6-2)13-14-11(9-18-13)8-12(16)17-7-3/h9-10H,5-8H2,1-4H3. The molecule has 0 aliphatic heterocycles. The number of thiazole rings is 1. The number of carbonyl (C=O) groups is 1. The van der Waals surface area contributed by atoms with Crippen molar-refractivity contribution in [3.8, 4) is 0 Å². The van der Waals surface area contributed by atoms with Gasteiger partial charge in [0.25, 0.3) is 0 Å². The Morgan fingerprint density at radius 1 is 1.50 bits per heavy atom. The lowest BCUT2D eigenvalue weighted by molar-refractivity contribution is -0.142. The van der Waals surface area contributed by atoms with Gasteiger partial charge in [-0.15, -0.1) is 11.3 Å². The summed E-state index contributed by atoms with van der Waals surface area (Å²) in [5.41, 5.74) is 0.801. The van der Waals surface area contributed by atoms with E-state index >= 15 is 0 Å². The molecule has 0 saturated carbocycles. The molecule has 0 radical (unpaired) electrons. The molecule has 1 aromatic rings. The van der Waals surface area contributed by atoms with Crippen LogP contribution in [-0.4, -0.2) is 30.1 Å². The van der Waals surface area contributed by atoms with Gasteiger partial charge < -0.3 is 9.64 Å². The van der Waals surface area contributed by atoms with Crippen LogP contribution in [-0.2, 0) is 16.0 Å². The molecule has 1 unspecified atom stereocenters. The van der Waals surface area contributed by atoms with Gasteiger partial charge in [0.2, 0.25) is 0 Å². The minimum absolute atomic E-state index is 0.207. The van der Waals surface area contributed by atoms with E-state index in [2.05, 4.69) is 30.7 Å². The van der Waals surface area contributed by atoms with E-state index in [0.717, 1.165) is 23.8 Å². The van der Waals surface area contributed by atoms with Crippen molar-refractivity contribution < 1.29 is 9.53 Å². The first-order valence-electron chi connectivity index (χ1n) is 6.48. The zero-order valence-electron chi connectivity index (χ0n) is 11.6. The molecule has 0 aliphatic carbocycles. The van der Waals surface area contributed by atoms with Gasteiger partial charge in [-0.05, 0) is 27.2 Å². The van der Waals surface area contributed by atoms with Crippen LogP contribution in [0.3, 0.4) is 0 Å². The molecule has 0 spiro atoms. The van der Waals surface area contributed by atoms with E-state index in [1.165, 1.54) is 0 Å². The maximum absolute atomic E-state index is 11.4. The molecule has 0 saturated heterocycles. The molecule has 18 heavy (non-hydrogen) atoms. The summed E-state index contributed by atoms with van der Waals surface area (Å²) in [7, 11) is 0. The molecule has 0 amide bonds. The van der Waals surface area contributed by atoms with Gasteiger partial charge in [-0.1, -0.05) is 6.92 Å². The van der Waals surface area contributed by atoms with Crippen molar-refractivity contribution in [1.29, 1.82) is 0 Å². The molecule has 102 valence electrons. The lowest BCUT2D eigenvalue weighted by Gasteiger charge is -2.26. The van der Waals surface area contributed by atoms with E-state index in [4.69, 9.17) is 4.74 Å². The van der Waals surface area contributed by atoms with Gasteiger partial charge in [-0.2, -0.15) is 0 Å². The Balaban J connectivity index is 2.69. The first kappa shape index (κ1) is 15.0. The first-order valence-corrected chi connectivity index (χ1v) is 7.36. The number of carbonyl (C=O) groups excluding carboxylic acids is 1. The topological polar surface area (TPSA) is 42.4 Å². The number of esters is 1. The smallest absolute Gasteiger partial charge is 0.311 e. The van der Waals surface area contributed by atoms with E-state index in [9.17, 15) is 4.79 Å². The van der Waals surface area contributed by atoms with Crippen LogP contribution in [0.25, 0.3) is 0 Å². The second kappa shape index (κ2) is 7.36. The van der Waals surface area contributed by atoms with Crippen molar-refractivity contribution in [2.75, 3.05) is 18.1 Å². The average molecular weight is 270 g/mol. The van der Waals surface area contributed by atoms with E-state index in [1.54, 1.807) is 11.3 Å². The van der Waals surface area contributed by atoms with Crippen molar-refractivity contribution in [2.24, 2.45) is 0 Å². The second-order valence-corrected chi connectivity index (χ2v) is 4.98. The monoisotopic (exact) mass is 270 g/mol. The fraction of sp³-hybridized carbons (Fsp3) is 0.692. The highest BCUT2D eigenvalue weighted by Crippen LogP contribution is 2.23. The highest BCUT2D eigenvalue weighted by Gasteiger charge is 2.16. The van der Waals surface area contributed by atoms with E-state index in [1.807, 2.05) is 12.3 Å². The Kier molecular flexibility index (Phi) is 6.12. The van der Waals surface area contributed by atoms with Crippen molar-refractivity contribution in [2.45, 2.75) is 46.6 Å². The van der Waals surface area contributed by atoms with Crippen LogP contribution in [0.4, 0.5) is 5.13 Å². The average Bonchev–Trinajstić information content (AvgIpc) is 2.78. The zero-order chi connectivity index (χ0) is 13.5. The molecule has 1 rings (SSSR count). The summed E-state index contributed by atoms with van der Waals surface area (Å²) in [5.74, 6) is -0.207. The summed E-state index contributed by atoms with van der Waals surface area (Å²) in [4.78, 5) is 18.2. The first-order chi connectivity index (χ1) is 8.62. The molecule has 0 aromatic carbocycles. The number of ether oxygens (including phenoxy) is 1. The number of rotatable bonds is 7. The lowest BCUT2D eigenvalue weighted by atomic mass is 10.2. The number of hydrogen-bond donors (Lipinski definition) is 0. The quantitative estimate of drug-likeness (QED) is 0.715. The maximum atomic E-state index is 11.4. The predicted molar refractivity (Wildman–Crippen MR) is 75.2 cm³/mol. The number of nitrogens with zero attached hydrogens (tertiary/aromatic N) is 2. The van der Waals surface area contributed by atoms with E-state index < -0.39 is 0 Å².